The number of hydrogen-bond donors (Lipinski definition) is 0. The second-order valence-electron chi connectivity index (χ2n) is 5.95. The first-order valence-corrected chi connectivity index (χ1v) is 7.60. The average Bonchev–Trinajstić information content (AvgIpc) is 3.05. The third-order valence-electron chi connectivity index (χ3n) is 3.84. The van der Waals surface area contributed by atoms with Gasteiger partial charge in [-0.3, -0.25) is 0 Å². The Labute approximate surface area is 137 Å². The number of hydrazone groups is 1. The van der Waals surface area contributed by atoms with Gasteiger partial charge in [0, 0.05) is 45.1 Å². The minimum atomic E-state index is 0.483. The zero-order valence-corrected chi connectivity index (χ0v) is 14.0. The smallest absolute Gasteiger partial charge is 0.122 e. The SMILES string of the molecule is CN(C)c1ccc(C2=NN(c3ccc(N(C)C)cc3)OC2)cc1. The molecular formula is C18H22N4O. The van der Waals surface area contributed by atoms with Crippen LogP contribution in [0.1, 0.15) is 5.56 Å². The predicted octanol–water partition coefficient (Wildman–Crippen LogP) is 2.97. The van der Waals surface area contributed by atoms with Gasteiger partial charge in [-0.1, -0.05) is 12.1 Å². The lowest BCUT2D eigenvalue weighted by atomic mass is 10.1. The highest BCUT2D eigenvalue weighted by molar-refractivity contribution is 6.03. The molecule has 120 valence electrons. The molecule has 0 aromatic heterocycles. The molecule has 0 amide bonds. The van der Waals surface area contributed by atoms with Gasteiger partial charge in [0.2, 0.25) is 0 Å². The first-order chi connectivity index (χ1) is 11.0. The van der Waals surface area contributed by atoms with Crippen molar-refractivity contribution in [3.63, 3.8) is 0 Å². The summed E-state index contributed by atoms with van der Waals surface area (Å²) < 4.78 is 0. The molecular weight excluding hydrogens is 288 g/mol. The molecule has 0 fully saturated rings. The van der Waals surface area contributed by atoms with E-state index in [4.69, 9.17) is 4.84 Å². The summed E-state index contributed by atoms with van der Waals surface area (Å²) in [5, 5.41) is 6.17. The first-order valence-electron chi connectivity index (χ1n) is 7.60. The normalized spacial score (nSPS) is 13.9. The van der Waals surface area contributed by atoms with Gasteiger partial charge in [0.05, 0.1) is 11.4 Å². The molecule has 1 aliphatic heterocycles. The highest BCUT2D eigenvalue weighted by Crippen LogP contribution is 2.24. The fourth-order valence-corrected chi connectivity index (χ4v) is 2.39. The van der Waals surface area contributed by atoms with Gasteiger partial charge in [0.25, 0.3) is 0 Å². The van der Waals surface area contributed by atoms with Crippen LogP contribution in [0, 0.1) is 0 Å². The average molecular weight is 310 g/mol. The van der Waals surface area contributed by atoms with Gasteiger partial charge in [-0.05, 0) is 36.4 Å². The van der Waals surface area contributed by atoms with Gasteiger partial charge >= 0.3 is 0 Å². The lowest BCUT2D eigenvalue weighted by Gasteiger charge is -2.15. The summed E-state index contributed by atoms with van der Waals surface area (Å²) >= 11 is 0. The van der Waals surface area contributed by atoms with Crippen molar-refractivity contribution in [2.24, 2.45) is 5.10 Å². The predicted molar refractivity (Wildman–Crippen MR) is 96.5 cm³/mol. The Morgan fingerprint density at radius 2 is 1.35 bits per heavy atom. The zero-order chi connectivity index (χ0) is 16.4. The second kappa shape index (κ2) is 6.30. The van der Waals surface area contributed by atoms with Crippen LogP contribution in [0.2, 0.25) is 0 Å². The quantitative estimate of drug-likeness (QED) is 0.869. The van der Waals surface area contributed by atoms with Crippen molar-refractivity contribution in [1.82, 2.24) is 0 Å². The Hall–Kier alpha value is -2.53. The summed E-state index contributed by atoms with van der Waals surface area (Å²) in [4.78, 5) is 9.83. The van der Waals surface area contributed by atoms with Gasteiger partial charge in [0.1, 0.15) is 6.61 Å². The zero-order valence-electron chi connectivity index (χ0n) is 14.0. The number of anilines is 3. The number of rotatable bonds is 4. The molecule has 0 spiro atoms. The molecule has 0 atom stereocenters. The van der Waals surface area contributed by atoms with Crippen molar-refractivity contribution < 1.29 is 4.84 Å². The van der Waals surface area contributed by atoms with E-state index in [-0.39, 0.29) is 0 Å². The third kappa shape index (κ3) is 3.29. The van der Waals surface area contributed by atoms with E-state index in [0.717, 1.165) is 22.6 Å². The molecule has 5 nitrogen and oxygen atoms in total. The maximum absolute atomic E-state index is 5.69. The van der Waals surface area contributed by atoms with Crippen LogP contribution in [0.25, 0.3) is 0 Å². The molecule has 23 heavy (non-hydrogen) atoms. The van der Waals surface area contributed by atoms with Gasteiger partial charge < -0.3 is 9.80 Å². The van der Waals surface area contributed by atoms with E-state index in [9.17, 15) is 0 Å². The molecule has 0 radical (unpaired) electrons. The molecule has 2 aromatic rings. The van der Waals surface area contributed by atoms with Crippen molar-refractivity contribution in [2.45, 2.75) is 0 Å². The largest absolute Gasteiger partial charge is 0.378 e. The van der Waals surface area contributed by atoms with Crippen LogP contribution in [0.3, 0.4) is 0 Å². The highest BCUT2D eigenvalue weighted by atomic mass is 16.7. The van der Waals surface area contributed by atoms with Crippen LogP contribution in [-0.2, 0) is 4.84 Å². The van der Waals surface area contributed by atoms with Gasteiger partial charge in [0.15, 0.2) is 0 Å². The minimum absolute atomic E-state index is 0.483. The van der Waals surface area contributed by atoms with E-state index in [1.165, 1.54) is 5.69 Å². The number of hydrogen-bond acceptors (Lipinski definition) is 5. The van der Waals surface area contributed by atoms with Crippen LogP contribution in [0.15, 0.2) is 53.6 Å². The maximum Gasteiger partial charge on any atom is 0.122 e. The monoisotopic (exact) mass is 310 g/mol. The molecule has 3 rings (SSSR count). The fourth-order valence-electron chi connectivity index (χ4n) is 2.39. The molecule has 2 aromatic carbocycles. The van der Waals surface area contributed by atoms with E-state index in [0.29, 0.717) is 6.61 Å². The van der Waals surface area contributed by atoms with Gasteiger partial charge in [-0.15, -0.1) is 10.3 Å². The lowest BCUT2D eigenvalue weighted by Crippen LogP contribution is -2.12. The molecule has 0 N–H and O–H groups in total. The Bertz CT molecular complexity index is 690. The molecule has 0 aliphatic carbocycles. The fraction of sp³-hybridized carbons (Fsp3) is 0.278. The summed E-state index contributed by atoms with van der Waals surface area (Å²) in [6.07, 6.45) is 0. The topological polar surface area (TPSA) is 31.3 Å². The van der Waals surface area contributed by atoms with Crippen LogP contribution >= 0.6 is 0 Å². The molecule has 1 aliphatic rings. The minimum Gasteiger partial charge on any atom is -0.378 e. The van der Waals surface area contributed by atoms with Gasteiger partial charge in [-0.25, -0.2) is 4.84 Å². The Balaban J connectivity index is 1.77. The molecule has 1 heterocycles. The van der Waals surface area contributed by atoms with Crippen LogP contribution in [0.4, 0.5) is 17.1 Å². The summed E-state index contributed by atoms with van der Waals surface area (Å²) in [6.45, 7) is 0.483. The first kappa shape index (κ1) is 15.4. The van der Waals surface area contributed by atoms with Crippen molar-refractivity contribution in [3.05, 3.63) is 54.1 Å². The molecule has 0 bridgehead atoms. The molecule has 5 heteroatoms. The summed E-state index contributed by atoms with van der Waals surface area (Å²) in [5.41, 5.74) is 5.27. The van der Waals surface area contributed by atoms with E-state index in [2.05, 4.69) is 51.3 Å². The van der Waals surface area contributed by atoms with Crippen molar-refractivity contribution in [2.75, 3.05) is 49.8 Å². The number of benzene rings is 2. The van der Waals surface area contributed by atoms with E-state index >= 15 is 0 Å². The summed E-state index contributed by atoms with van der Waals surface area (Å²) in [5.74, 6) is 0. The highest BCUT2D eigenvalue weighted by Gasteiger charge is 2.18. The molecule has 0 saturated heterocycles. The summed E-state index contributed by atoms with van der Waals surface area (Å²) in [6, 6.07) is 16.5. The maximum atomic E-state index is 5.69. The molecule has 0 saturated carbocycles. The standard InChI is InChI=1S/C18H22N4O/c1-20(2)15-7-5-14(6-8-15)18-13-23-22(19-18)17-11-9-16(10-12-17)21(3)4/h5-12H,13H2,1-4H3. The lowest BCUT2D eigenvalue weighted by molar-refractivity contribution is 0.166. The van der Waals surface area contributed by atoms with Crippen molar-refractivity contribution in [1.29, 1.82) is 0 Å². The van der Waals surface area contributed by atoms with Crippen LogP contribution in [-0.4, -0.2) is 40.5 Å². The molecule has 0 unspecified atom stereocenters. The van der Waals surface area contributed by atoms with Crippen LogP contribution < -0.4 is 15.0 Å². The Morgan fingerprint density at radius 1 is 0.826 bits per heavy atom. The third-order valence-corrected chi connectivity index (χ3v) is 3.84. The summed E-state index contributed by atoms with van der Waals surface area (Å²) in [7, 11) is 8.11. The number of nitrogens with zero attached hydrogens (tertiary/aromatic N) is 4. The van der Waals surface area contributed by atoms with Crippen molar-refractivity contribution in [3.8, 4) is 0 Å². The Morgan fingerprint density at radius 3 is 1.87 bits per heavy atom. The van der Waals surface area contributed by atoms with Crippen molar-refractivity contribution >= 4 is 22.8 Å². The second-order valence-corrected chi connectivity index (χ2v) is 5.95. The van der Waals surface area contributed by atoms with Gasteiger partial charge in [-0.2, -0.15) is 0 Å². The van der Waals surface area contributed by atoms with E-state index < -0.39 is 0 Å². The van der Waals surface area contributed by atoms with E-state index in [1.807, 2.05) is 40.3 Å². The van der Waals surface area contributed by atoms with E-state index in [1.54, 1.807) is 5.17 Å². The Kier molecular flexibility index (Phi) is 4.21. The van der Waals surface area contributed by atoms with Crippen LogP contribution in [0.5, 0.6) is 0 Å².